The van der Waals surface area contributed by atoms with Gasteiger partial charge in [0.25, 0.3) is 0 Å². The Kier molecular flexibility index (Phi) is 5.36. The maximum absolute atomic E-state index is 11.9. The van der Waals surface area contributed by atoms with Gasteiger partial charge in [0.1, 0.15) is 0 Å². The van der Waals surface area contributed by atoms with Gasteiger partial charge in [0, 0.05) is 31.7 Å². The molecule has 1 aromatic rings. The van der Waals surface area contributed by atoms with Gasteiger partial charge in [-0.2, -0.15) is 0 Å². The standard InChI is InChI=1S/C14H22N2O4S/c1-14(2,10-9-13(17)18)15-11-5-7-12(8-6-11)21(19,20)16(3)4/h5-8,15H,9-10H2,1-4H3,(H,17,18). The molecular weight excluding hydrogens is 292 g/mol. The molecule has 0 fully saturated rings. The Balaban J connectivity index is 2.82. The smallest absolute Gasteiger partial charge is 0.303 e. The minimum absolute atomic E-state index is 0.0765. The number of sulfonamides is 1. The van der Waals surface area contributed by atoms with Crippen molar-refractivity contribution in [1.29, 1.82) is 0 Å². The van der Waals surface area contributed by atoms with Crippen LogP contribution in [0.15, 0.2) is 29.2 Å². The number of carbonyl (C=O) groups is 1. The van der Waals surface area contributed by atoms with Crippen LogP contribution in [-0.2, 0) is 14.8 Å². The summed E-state index contributed by atoms with van der Waals surface area (Å²) in [6, 6.07) is 6.42. The molecule has 0 saturated heterocycles. The third-order valence-corrected chi connectivity index (χ3v) is 4.91. The number of benzene rings is 1. The molecule has 0 amide bonds. The monoisotopic (exact) mass is 314 g/mol. The lowest BCUT2D eigenvalue weighted by atomic mass is 9.98. The molecule has 1 rings (SSSR count). The second-order valence-corrected chi connectivity index (χ2v) is 7.87. The van der Waals surface area contributed by atoms with Crippen molar-refractivity contribution in [3.05, 3.63) is 24.3 Å². The first-order chi connectivity index (χ1) is 9.54. The van der Waals surface area contributed by atoms with E-state index in [1.165, 1.54) is 26.2 Å². The number of carboxylic acid groups (broad SMARTS) is 1. The van der Waals surface area contributed by atoms with E-state index in [2.05, 4.69) is 5.32 Å². The predicted molar refractivity (Wildman–Crippen MR) is 81.9 cm³/mol. The summed E-state index contributed by atoms with van der Waals surface area (Å²) in [5, 5.41) is 11.9. The summed E-state index contributed by atoms with van der Waals surface area (Å²) in [6.45, 7) is 3.81. The van der Waals surface area contributed by atoms with E-state index in [1.807, 2.05) is 13.8 Å². The Morgan fingerprint density at radius 2 is 1.76 bits per heavy atom. The average Bonchev–Trinajstić information content (AvgIpc) is 2.36. The topological polar surface area (TPSA) is 86.7 Å². The number of aliphatic carboxylic acids is 1. The summed E-state index contributed by atoms with van der Waals surface area (Å²) < 4.78 is 25.1. The van der Waals surface area contributed by atoms with Gasteiger partial charge in [-0.3, -0.25) is 4.79 Å². The van der Waals surface area contributed by atoms with E-state index in [0.29, 0.717) is 6.42 Å². The highest BCUT2D eigenvalue weighted by Gasteiger charge is 2.20. The van der Waals surface area contributed by atoms with Gasteiger partial charge in [-0.15, -0.1) is 0 Å². The molecular formula is C14H22N2O4S. The second kappa shape index (κ2) is 6.44. The van der Waals surface area contributed by atoms with Crippen LogP contribution in [-0.4, -0.2) is 43.4 Å². The fraction of sp³-hybridized carbons (Fsp3) is 0.500. The summed E-state index contributed by atoms with van der Waals surface area (Å²) >= 11 is 0. The highest BCUT2D eigenvalue weighted by atomic mass is 32.2. The number of rotatable bonds is 7. The van der Waals surface area contributed by atoms with Crippen LogP contribution < -0.4 is 5.32 Å². The summed E-state index contributed by atoms with van der Waals surface area (Å²) in [5.41, 5.74) is 0.364. The first kappa shape index (κ1) is 17.5. The predicted octanol–water partition coefficient (Wildman–Crippen LogP) is 1.99. The molecule has 7 heteroatoms. The van der Waals surface area contributed by atoms with Crippen LogP contribution in [0.4, 0.5) is 5.69 Å². The molecule has 0 heterocycles. The molecule has 0 aliphatic carbocycles. The van der Waals surface area contributed by atoms with Gasteiger partial charge in [-0.05, 0) is 44.5 Å². The fourth-order valence-electron chi connectivity index (χ4n) is 1.79. The number of anilines is 1. The van der Waals surface area contributed by atoms with Crippen molar-refractivity contribution in [2.45, 2.75) is 37.1 Å². The maximum Gasteiger partial charge on any atom is 0.303 e. The largest absolute Gasteiger partial charge is 0.481 e. The summed E-state index contributed by atoms with van der Waals surface area (Å²) in [5.74, 6) is -0.836. The third kappa shape index (κ3) is 5.02. The zero-order valence-electron chi connectivity index (χ0n) is 12.8. The normalized spacial score (nSPS) is 12.4. The van der Waals surface area contributed by atoms with Crippen LogP contribution in [0.25, 0.3) is 0 Å². The molecule has 0 radical (unpaired) electrons. The van der Waals surface area contributed by atoms with Crippen molar-refractivity contribution in [2.24, 2.45) is 0 Å². The van der Waals surface area contributed by atoms with Crippen molar-refractivity contribution in [2.75, 3.05) is 19.4 Å². The molecule has 0 spiro atoms. The summed E-state index contributed by atoms with van der Waals surface area (Å²) in [7, 11) is -0.466. The summed E-state index contributed by atoms with van der Waals surface area (Å²) in [4.78, 5) is 10.8. The van der Waals surface area contributed by atoms with Gasteiger partial charge in [0.15, 0.2) is 0 Å². The molecule has 0 bridgehead atoms. The number of hydrogen-bond acceptors (Lipinski definition) is 4. The molecule has 0 aliphatic rings. The maximum atomic E-state index is 11.9. The van der Waals surface area contributed by atoms with Gasteiger partial charge in [0.2, 0.25) is 10.0 Å². The first-order valence-corrected chi connectivity index (χ1v) is 8.01. The van der Waals surface area contributed by atoms with Crippen molar-refractivity contribution in [3.63, 3.8) is 0 Å². The van der Waals surface area contributed by atoms with E-state index < -0.39 is 16.0 Å². The minimum Gasteiger partial charge on any atom is -0.481 e. The van der Waals surface area contributed by atoms with E-state index in [1.54, 1.807) is 12.1 Å². The average molecular weight is 314 g/mol. The molecule has 6 nitrogen and oxygen atoms in total. The Bertz CT molecular complexity index is 592. The van der Waals surface area contributed by atoms with Crippen LogP contribution in [0.2, 0.25) is 0 Å². The SMILES string of the molecule is CN(C)S(=O)(=O)c1ccc(NC(C)(C)CCC(=O)O)cc1. The molecule has 0 atom stereocenters. The van der Waals surface area contributed by atoms with Crippen LogP contribution in [0.5, 0.6) is 0 Å². The van der Waals surface area contributed by atoms with Crippen molar-refractivity contribution >= 4 is 21.7 Å². The molecule has 1 aromatic carbocycles. The molecule has 0 saturated carbocycles. The van der Waals surface area contributed by atoms with Crippen LogP contribution in [0, 0.1) is 0 Å². The lowest BCUT2D eigenvalue weighted by Gasteiger charge is -2.27. The molecule has 118 valence electrons. The molecule has 0 unspecified atom stereocenters. The van der Waals surface area contributed by atoms with Crippen molar-refractivity contribution in [1.82, 2.24) is 4.31 Å². The van der Waals surface area contributed by atoms with Crippen LogP contribution >= 0.6 is 0 Å². The van der Waals surface area contributed by atoms with Gasteiger partial charge in [-0.25, -0.2) is 12.7 Å². The van der Waals surface area contributed by atoms with E-state index in [9.17, 15) is 13.2 Å². The van der Waals surface area contributed by atoms with Gasteiger partial charge < -0.3 is 10.4 Å². The Morgan fingerprint density at radius 3 is 2.19 bits per heavy atom. The van der Waals surface area contributed by atoms with E-state index in [-0.39, 0.29) is 16.9 Å². The number of nitrogens with zero attached hydrogens (tertiary/aromatic N) is 1. The Labute approximate surface area is 125 Å². The third-order valence-electron chi connectivity index (χ3n) is 3.08. The highest BCUT2D eigenvalue weighted by molar-refractivity contribution is 7.89. The van der Waals surface area contributed by atoms with Gasteiger partial charge in [0.05, 0.1) is 4.90 Å². The zero-order chi connectivity index (χ0) is 16.3. The Hall–Kier alpha value is -1.60. The number of hydrogen-bond donors (Lipinski definition) is 2. The van der Waals surface area contributed by atoms with E-state index in [0.717, 1.165) is 9.99 Å². The first-order valence-electron chi connectivity index (χ1n) is 6.57. The highest BCUT2D eigenvalue weighted by Crippen LogP contribution is 2.22. The lowest BCUT2D eigenvalue weighted by Crippen LogP contribution is -2.31. The van der Waals surface area contributed by atoms with E-state index >= 15 is 0 Å². The fourth-order valence-corrected chi connectivity index (χ4v) is 2.70. The Morgan fingerprint density at radius 1 is 1.24 bits per heavy atom. The van der Waals surface area contributed by atoms with Crippen molar-refractivity contribution in [3.8, 4) is 0 Å². The molecule has 2 N–H and O–H groups in total. The van der Waals surface area contributed by atoms with E-state index in [4.69, 9.17) is 5.11 Å². The number of carboxylic acids is 1. The van der Waals surface area contributed by atoms with Gasteiger partial charge in [-0.1, -0.05) is 0 Å². The number of nitrogens with one attached hydrogen (secondary N) is 1. The quantitative estimate of drug-likeness (QED) is 0.804. The molecule has 21 heavy (non-hydrogen) atoms. The van der Waals surface area contributed by atoms with Gasteiger partial charge >= 0.3 is 5.97 Å². The van der Waals surface area contributed by atoms with Crippen LogP contribution in [0.3, 0.4) is 0 Å². The summed E-state index contributed by atoms with van der Waals surface area (Å²) in [6.07, 6.45) is 0.549. The second-order valence-electron chi connectivity index (χ2n) is 5.71. The minimum atomic E-state index is -3.43. The zero-order valence-corrected chi connectivity index (χ0v) is 13.6. The van der Waals surface area contributed by atoms with Crippen LogP contribution in [0.1, 0.15) is 26.7 Å². The van der Waals surface area contributed by atoms with Crippen molar-refractivity contribution < 1.29 is 18.3 Å². The molecule has 0 aromatic heterocycles. The lowest BCUT2D eigenvalue weighted by molar-refractivity contribution is -0.137. The molecule has 0 aliphatic heterocycles.